The number of hydrogen-bond donors (Lipinski definition) is 2. The molecule has 0 aromatic carbocycles. The lowest BCUT2D eigenvalue weighted by Crippen LogP contribution is -2.39. The van der Waals surface area contributed by atoms with Crippen molar-refractivity contribution in [2.75, 3.05) is 20.2 Å². The van der Waals surface area contributed by atoms with Gasteiger partial charge in [-0.3, -0.25) is 9.59 Å². The zero-order valence-corrected chi connectivity index (χ0v) is 11.5. The zero-order valence-electron chi connectivity index (χ0n) is 11.5. The van der Waals surface area contributed by atoms with Gasteiger partial charge in [0.1, 0.15) is 0 Å². The van der Waals surface area contributed by atoms with Crippen LogP contribution in [0.1, 0.15) is 39.5 Å². The van der Waals surface area contributed by atoms with E-state index in [-0.39, 0.29) is 11.9 Å². The van der Waals surface area contributed by atoms with Crippen LogP contribution in [0.25, 0.3) is 0 Å². The first-order valence-corrected chi connectivity index (χ1v) is 6.54. The molecular formula is C13H24N2O3. The van der Waals surface area contributed by atoms with Gasteiger partial charge in [0.05, 0.1) is 12.5 Å². The van der Waals surface area contributed by atoms with Crippen LogP contribution in [0, 0.1) is 5.41 Å². The number of esters is 1. The maximum absolute atomic E-state index is 11.7. The molecule has 1 fully saturated rings. The largest absolute Gasteiger partial charge is 0.469 e. The van der Waals surface area contributed by atoms with Crippen molar-refractivity contribution < 1.29 is 14.3 Å². The molecule has 2 N–H and O–H groups in total. The average Bonchev–Trinajstić information content (AvgIpc) is 2.86. The van der Waals surface area contributed by atoms with Crippen LogP contribution < -0.4 is 10.6 Å². The second-order valence-electron chi connectivity index (χ2n) is 5.48. The van der Waals surface area contributed by atoms with Gasteiger partial charge in [-0.1, -0.05) is 0 Å². The molecule has 1 saturated heterocycles. The predicted molar refractivity (Wildman–Crippen MR) is 69.1 cm³/mol. The van der Waals surface area contributed by atoms with E-state index in [1.165, 1.54) is 13.5 Å². The average molecular weight is 256 g/mol. The second-order valence-corrected chi connectivity index (χ2v) is 5.48. The minimum atomic E-state index is -0.671. The molecule has 1 aliphatic rings. The summed E-state index contributed by atoms with van der Waals surface area (Å²) >= 11 is 0. The number of nitrogens with one attached hydrogen (secondary N) is 2. The van der Waals surface area contributed by atoms with Crippen molar-refractivity contribution in [3.63, 3.8) is 0 Å². The Bertz CT molecular complexity index is 297. The molecule has 1 atom stereocenters. The van der Waals surface area contributed by atoms with Crippen LogP contribution >= 0.6 is 0 Å². The van der Waals surface area contributed by atoms with Crippen LogP contribution in [0.15, 0.2) is 0 Å². The van der Waals surface area contributed by atoms with E-state index in [1.54, 1.807) is 13.8 Å². The Morgan fingerprint density at radius 2 is 2.17 bits per heavy atom. The highest BCUT2D eigenvalue weighted by Gasteiger charge is 2.29. The summed E-state index contributed by atoms with van der Waals surface area (Å²) in [5, 5.41) is 6.15. The molecule has 0 aliphatic carbocycles. The Morgan fingerprint density at radius 3 is 2.72 bits per heavy atom. The lowest BCUT2D eigenvalue weighted by molar-refractivity contribution is -0.150. The fourth-order valence-electron chi connectivity index (χ4n) is 2.06. The molecule has 1 rings (SSSR count). The van der Waals surface area contributed by atoms with Gasteiger partial charge in [0.15, 0.2) is 0 Å². The molecule has 0 bridgehead atoms. The Hall–Kier alpha value is -1.10. The molecule has 0 aromatic rings. The molecule has 0 spiro atoms. The van der Waals surface area contributed by atoms with Crippen molar-refractivity contribution in [3.05, 3.63) is 0 Å². The summed E-state index contributed by atoms with van der Waals surface area (Å²) in [5.41, 5.74) is -0.671. The minimum absolute atomic E-state index is 0.000628. The van der Waals surface area contributed by atoms with Gasteiger partial charge in [0.2, 0.25) is 5.91 Å². The molecule has 5 nitrogen and oxygen atoms in total. The molecular weight excluding hydrogens is 232 g/mol. The molecule has 18 heavy (non-hydrogen) atoms. The predicted octanol–water partition coefficient (Wildman–Crippen LogP) is 0.834. The number of carbonyl (C=O) groups excluding carboxylic acids is 2. The molecule has 5 heteroatoms. The Morgan fingerprint density at radius 1 is 1.44 bits per heavy atom. The topological polar surface area (TPSA) is 67.4 Å². The molecule has 1 aliphatic heterocycles. The van der Waals surface area contributed by atoms with Crippen molar-refractivity contribution in [1.82, 2.24) is 10.6 Å². The first kappa shape index (κ1) is 15.0. The summed E-state index contributed by atoms with van der Waals surface area (Å²) in [6.45, 7) is 4.90. The number of carbonyl (C=O) groups is 2. The van der Waals surface area contributed by atoms with Gasteiger partial charge in [0.25, 0.3) is 0 Å². The van der Waals surface area contributed by atoms with Crippen molar-refractivity contribution in [1.29, 1.82) is 0 Å². The number of hydrogen-bond acceptors (Lipinski definition) is 4. The summed E-state index contributed by atoms with van der Waals surface area (Å²) in [6.07, 6.45) is 3.72. The first-order valence-electron chi connectivity index (χ1n) is 6.54. The Labute approximate surface area is 109 Å². The zero-order chi connectivity index (χ0) is 13.6. The number of ether oxygens (including phenoxy) is 1. The van der Waals surface area contributed by atoms with Crippen LogP contribution in [-0.2, 0) is 14.3 Å². The van der Waals surface area contributed by atoms with Crippen LogP contribution in [-0.4, -0.2) is 38.1 Å². The van der Waals surface area contributed by atoms with Gasteiger partial charge in [-0.15, -0.1) is 0 Å². The van der Waals surface area contributed by atoms with E-state index in [0.29, 0.717) is 19.0 Å². The summed E-state index contributed by atoms with van der Waals surface area (Å²) in [7, 11) is 1.36. The molecule has 1 unspecified atom stereocenters. The van der Waals surface area contributed by atoms with Crippen molar-refractivity contribution in [2.24, 2.45) is 5.41 Å². The highest BCUT2D eigenvalue weighted by Crippen LogP contribution is 2.15. The Balaban J connectivity index is 2.21. The van der Waals surface area contributed by atoms with Crippen molar-refractivity contribution in [3.8, 4) is 0 Å². The highest BCUT2D eigenvalue weighted by atomic mass is 16.5. The third-order valence-electron chi connectivity index (χ3n) is 3.35. The third-order valence-corrected chi connectivity index (χ3v) is 3.35. The molecule has 104 valence electrons. The number of amides is 1. The van der Waals surface area contributed by atoms with Crippen LogP contribution in [0.5, 0.6) is 0 Å². The third kappa shape index (κ3) is 4.64. The van der Waals surface area contributed by atoms with Crippen LogP contribution in [0.4, 0.5) is 0 Å². The van der Waals surface area contributed by atoms with E-state index >= 15 is 0 Å². The molecule has 1 heterocycles. The smallest absolute Gasteiger partial charge is 0.313 e. The van der Waals surface area contributed by atoms with Crippen molar-refractivity contribution >= 4 is 11.9 Å². The fourth-order valence-corrected chi connectivity index (χ4v) is 2.06. The van der Waals surface area contributed by atoms with Gasteiger partial charge < -0.3 is 15.4 Å². The van der Waals surface area contributed by atoms with Gasteiger partial charge in [0, 0.05) is 19.0 Å². The second kappa shape index (κ2) is 6.73. The summed E-state index contributed by atoms with van der Waals surface area (Å²) in [5.74, 6) is -0.305. The maximum atomic E-state index is 11.7. The van der Waals surface area contributed by atoms with Gasteiger partial charge >= 0.3 is 5.97 Å². The highest BCUT2D eigenvalue weighted by molar-refractivity contribution is 5.79. The Kier molecular flexibility index (Phi) is 5.59. The minimum Gasteiger partial charge on any atom is -0.469 e. The van der Waals surface area contributed by atoms with E-state index in [1.807, 2.05) is 0 Å². The number of rotatable bonds is 6. The molecule has 0 saturated carbocycles. The van der Waals surface area contributed by atoms with E-state index < -0.39 is 5.41 Å². The lowest BCUT2D eigenvalue weighted by atomic mass is 9.93. The summed E-state index contributed by atoms with van der Waals surface area (Å²) in [4.78, 5) is 23.1. The van der Waals surface area contributed by atoms with Gasteiger partial charge in [-0.05, 0) is 39.7 Å². The van der Waals surface area contributed by atoms with E-state index in [0.717, 1.165) is 19.4 Å². The fraction of sp³-hybridized carbons (Fsp3) is 0.846. The summed E-state index contributed by atoms with van der Waals surface area (Å²) < 4.78 is 4.69. The quantitative estimate of drug-likeness (QED) is 0.691. The standard InChI is InChI=1S/C13H24N2O3/c1-13(2,12(17)18-3)9-15-11(16)7-6-10-5-4-8-14-10/h10,14H,4-9H2,1-3H3,(H,15,16). The molecule has 1 amide bonds. The first-order chi connectivity index (χ1) is 8.45. The van der Waals surface area contributed by atoms with Crippen LogP contribution in [0.2, 0.25) is 0 Å². The monoisotopic (exact) mass is 256 g/mol. The van der Waals surface area contributed by atoms with Gasteiger partial charge in [-0.2, -0.15) is 0 Å². The lowest BCUT2D eigenvalue weighted by Gasteiger charge is -2.21. The van der Waals surface area contributed by atoms with E-state index in [4.69, 9.17) is 0 Å². The van der Waals surface area contributed by atoms with E-state index in [2.05, 4.69) is 15.4 Å². The maximum Gasteiger partial charge on any atom is 0.313 e. The van der Waals surface area contributed by atoms with Crippen molar-refractivity contribution in [2.45, 2.75) is 45.6 Å². The molecule has 0 aromatic heterocycles. The van der Waals surface area contributed by atoms with Crippen LogP contribution in [0.3, 0.4) is 0 Å². The normalized spacial score (nSPS) is 19.6. The summed E-state index contributed by atoms with van der Waals surface area (Å²) in [6, 6.07) is 0.476. The van der Waals surface area contributed by atoms with Gasteiger partial charge in [-0.25, -0.2) is 0 Å². The molecule has 0 radical (unpaired) electrons. The van der Waals surface area contributed by atoms with E-state index in [9.17, 15) is 9.59 Å². The SMILES string of the molecule is COC(=O)C(C)(C)CNC(=O)CCC1CCCN1. The number of methoxy groups -OCH3 is 1.